The van der Waals surface area contributed by atoms with Gasteiger partial charge in [0.15, 0.2) is 11.5 Å². The van der Waals surface area contributed by atoms with Crippen LogP contribution in [0.25, 0.3) is 5.65 Å². The highest BCUT2D eigenvalue weighted by molar-refractivity contribution is 5.47. The van der Waals surface area contributed by atoms with Crippen LogP contribution in [0.3, 0.4) is 0 Å². The van der Waals surface area contributed by atoms with Crippen molar-refractivity contribution in [3.63, 3.8) is 0 Å². The molecule has 1 unspecified atom stereocenters. The predicted molar refractivity (Wildman–Crippen MR) is 66.3 cm³/mol. The molecule has 0 amide bonds. The van der Waals surface area contributed by atoms with Crippen LogP contribution in [0.5, 0.6) is 0 Å². The van der Waals surface area contributed by atoms with Crippen molar-refractivity contribution in [2.75, 3.05) is 38.1 Å². The van der Waals surface area contributed by atoms with Crippen molar-refractivity contribution in [3.05, 3.63) is 12.4 Å². The monoisotopic (exact) mass is 248 g/mol. The smallest absolute Gasteiger partial charge is 0.199 e. The van der Waals surface area contributed by atoms with E-state index in [0.717, 1.165) is 25.5 Å². The SMILES string of the molecule is CN1CCN(c2cncc3nnnn23)C(CN)C1. The third-order valence-corrected chi connectivity index (χ3v) is 3.34. The Morgan fingerprint density at radius 3 is 3.11 bits per heavy atom. The standard InChI is InChI=1S/C10H16N8/c1-16-2-3-17(8(4-11)7-16)10-6-12-5-9-13-14-15-18(9)10/h5-6,8H,2-4,7,11H2,1H3. The third kappa shape index (κ3) is 1.79. The van der Waals surface area contributed by atoms with Crippen LogP contribution in [0.15, 0.2) is 12.4 Å². The van der Waals surface area contributed by atoms with E-state index in [0.29, 0.717) is 12.2 Å². The highest BCUT2D eigenvalue weighted by Gasteiger charge is 2.26. The molecule has 1 fully saturated rings. The fraction of sp³-hybridized carbons (Fsp3) is 0.600. The zero-order valence-electron chi connectivity index (χ0n) is 10.3. The molecule has 0 saturated carbocycles. The summed E-state index contributed by atoms with van der Waals surface area (Å²) in [5, 5.41) is 11.6. The molecule has 0 radical (unpaired) electrons. The number of hydrogen-bond acceptors (Lipinski definition) is 7. The number of anilines is 1. The first-order valence-electron chi connectivity index (χ1n) is 5.97. The van der Waals surface area contributed by atoms with E-state index >= 15 is 0 Å². The zero-order valence-corrected chi connectivity index (χ0v) is 10.3. The van der Waals surface area contributed by atoms with Gasteiger partial charge in [-0.3, -0.25) is 4.98 Å². The number of hydrogen-bond donors (Lipinski definition) is 1. The lowest BCUT2D eigenvalue weighted by atomic mass is 10.2. The first-order valence-corrected chi connectivity index (χ1v) is 5.97. The summed E-state index contributed by atoms with van der Waals surface area (Å²) in [5.41, 5.74) is 6.52. The Morgan fingerprint density at radius 2 is 2.28 bits per heavy atom. The summed E-state index contributed by atoms with van der Waals surface area (Å²) >= 11 is 0. The lowest BCUT2D eigenvalue weighted by Crippen LogP contribution is -2.55. The Bertz CT molecular complexity index is 537. The van der Waals surface area contributed by atoms with Crippen molar-refractivity contribution in [3.8, 4) is 0 Å². The lowest BCUT2D eigenvalue weighted by molar-refractivity contribution is 0.268. The second-order valence-electron chi connectivity index (χ2n) is 4.56. The van der Waals surface area contributed by atoms with Crippen molar-refractivity contribution in [1.82, 2.24) is 29.9 Å². The topological polar surface area (TPSA) is 88.5 Å². The van der Waals surface area contributed by atoms with Crippen LogP contribution in [-0.4, -0.2) is 69.2 Å². The molecule has 1 atom stereocenters. The highest BCUT2D eigenvalue weighted by Crippen LogP contribution is 2.18. The number of nitrogens with two attached hydrogens (primary N) is 1. The number of nitrogens with zero attached hydrogens (tertiary/aromatic N) is 7. The Balaban J connectivity index is 2.00. The minimum atomic E-state index is 0.264. The lowest BCUT2D eigenvalue weighted by Gasteiger charge is -2.40. The molecule has 0 spiro atoms. The van der Waals surface area contributed by atoms with Gasteiger partial charge in [-0.15, -0.1) is 5.10 Å². The second-order valence-corrected chi connectivity index (χ2v) is 4.56. The molecule has 18 heavy (non-hydrogen) atoms. The van der Waals surface area contributed by atoms with Gasteiger partial charge in [0.05, 0.1) is 18.4 Å². The molecule has 2 N–H and O–H groups in total. The summed E-state index contributed by atoms with van der Waals surface area (Å²) in [4.78, 5) is 8.70. The molecule has 8 heteroatoms. The highest BCUT2D eigenvalue weighted by atomic mass is 15.5. The summed E-state index contributed by atoms with van der Waals surface area (Å²) < 4.78 is 1.71. The largest absolute Gasteiger partial charge is 0.348 e. The maximum absolute atomic E-state index is 5.86. The number of rotatable bonds is 2. The zero-order chi connectivity index (χ0) is 12.5. The van der Waals surface area contributed by atoms with Gasteiger partial charge in [0, 0.05) is 26.2 Å². The van der Waals surface area contributed by atoms with Gasteiger partial charge in [0.25, 0.3) is 0 Å². The van der Waals surface area contributed by atoms with Crippen molar-refractivity contribution in [1.29, 1.82) is 0 Å². The molecular weight excluding hydrogens is 232 g/mol. The predicted octanol–water partition coefficient (Wildman–Crippen LogP) is -1.40. The number of aromatic nitrogens is 5. The molecule has 3 rings (SSSR count). The Labute approximate surface area is 104 Å². The van der Waals surface area contributed by atoms with Crippen LogP contribution in [0.1, 0.15) is 0 Å². The average Bonchev–Trinajstić information content (AvgIpc) is 2.86. The molecule has 96 valence electrons. The summed E-state index contributed by atoms with van der Waals surface area (Å²) in [6.07, 6.45) is 3.44. The normalized spacial score (nSPS) is 21.7. The van der Waals surface area contributed by atoms with Crippen LogP contribution in [-0.2, 0) is 0 Å². The second kappa shape index (κ2) is 4.46. The van der Waals surface area contributed by atoms with E-state index in [-0.39, 0.29) is 6.04 Å². The van der Waals surface area contributed by atoms with Gasteiger partial charge in [-0.05, 0) is 17.5 Å². The molecule has 0 aromatic carbocycles. The third-order valence-electron chi connectivity index (χ3n) is 3.34. The first-order chi connectivity index (χ1) is 8.79. The Kier molecular flexibility index (Phi) is 2.80. The van der Waals surface area contributed by atoms with Gasteiger partial charge in [0.1, 0.15) is 0 Å². The van der Waals surface area contributed by atoms with Crippen LogP contribution in [0.2, 0.25) is 0 Å². The minimum absolute atomic E-state index is 0.264. The van der Waals surface area contributed by atoms with Crippen LogP contribution >= 0.6 is 0 Å². The van der Waals surface area contributed by atoms with E-state index in [2.05, 4.69) is 37.4 Å². The van der Waals surface area contributed by atoms with E-state index in [4.69, 9.17) is 5.73 Å². The van der Waals surface area contributed by atoms with Crippen molar-refractivity contribution >= 4 is 11.5 Å². The quantitative estimate of drug-likeness (QED) is 0.699. The number of likely N-dealkylation sites (N-methyl/N-ethyl adjacent to an activating group) is 1. The minimum Gasteiger partial charge on any atom is -0.348 e. The number of piperazine rings is 1. The Hall–Kier alpha value is -1.80. The number of fused-ring (bicyclic) bond motifs is 1. The van der Waals surface area contributed by atoms with Crippen molar-refractivity contribution in [2.45, 2.75) is 6.04 Å². The van der Waals surface area contributed by atoms with Crippen LogP contribution in [0.4, 0.5) is 5.82 Å². The van der Waals surface area contributed by atoms with Gasteiger partial charge in [-0.2, -0.15) is 4.52 Å². The molecule has 1 aliphatic rings. The van der Waals surface area contributed by atoms with E-state index in [1.165, 1.54) is 0 Å². The summed E-state index contributed by atoms with van der Waals surface area (Å²) in [7, 11) is 2.11. The molecule has 3 heterocycles. The molecule has 0 bridgehead atoms. The molecule has 1 saturated heterocycles. The van der Waals surface area contributed by atoms with Gasteiger partial charge < -0.3 is 15.5 Å². The molecule has 2 aromatic heterocycles. The average molecular weight is 248 g/mol. The van der Waals surface area contributed by atoms with E-state index in [9.17, 15) is 0 Å². The van der Waals surface area contributed by atoms with Crippen LogP contribution < -0.4 is 10.6 Å². The maximum Gasteiger partial charge on any atom is 0.199 e. The first kappa shape index (κ1) is 11.3. The summed E-state index contributed by atoms with van der Waals surface area (Å²) in [6, 6.07) is 0.264. The van der Waals surface area contributed by atoms with E-state index in [1.54, 1.807) is 16.9 Å². The van der Waals surface area contributed by atoms with Gasteiger partial charge in [-0.1, -0.05) is 0 Å². The van der Waals surface area contributed by atoms with E-state index in [1.807, 2.05) is 0 Å². The van der Waals surface area contributed by atoms with Gasteiger partial charge in [0.2, 0.25) is 0 Å². The fourth-order valence-electron chi connectivity index (χ4n) is 2.37. The summed E-state index contributed by atoms with van der Waals surface area (Å²) in [5.74, 6) is 0.904. The van der Waals surface area contributed by atoms with Crippen LogP contribution in [0, 0.1) is 0 Å². The van der Waals surface area contributed by atoms with Crippen molar-refractivity contribution < 1.29 is 0 Å². The van der Waals surface area contributed by atoms with E-state index < -0.39 is 0 Å². The molecule has 0 aliphatic carbocycles. The molecular formula is C10H16N8. The maximum atomic E-state index is 5.86. The Morgan fingerprint density at radius 1 is 1.39 bits per heavy atom. The molecule has 8 nitrogen and oxygen atoms in total. The van der Waals surface area contributed by atoms with Gasteiger partial charge in [-0.25, -0.2) is 0 Å². The summed E-state index contributed by atoms with van der Waals surface area (Å²) in [6.45, 7) is 3.44. The van der Waals surface area contributed by atoms with Gasteiger partial charge >= 0.3 is 0 Å². The van der Waals surface area contributed by atoms with Crippen molar-refractivity contribution in [2.24, 2.45) is 5.73 Å². The number of tetrazole rings is 1. The fourth-order valence-corrected chi connectivity index (χ4v) is 2.37. The molecule has 1 aliphatic heterocycles. The molecule has 2 aromatic rings.